The third-order valence-corrected chi connectivity index (χ3v) is 6.41. The number of hydrogen-bond acceptors (Lipinski definition) is 10. The zero-order valence-electron chi connectivity index (χ0n) is 22.7. The maximum absolute atomic E-state index is 14.0. The number of nitrogens with zero attached hydrogens (tertiary/aromatic N) is 4. The van der Waals surface area contributed by atoms with Gasteiger partial charge in [-0.1, -0.05) is 27.7 Å². The molecular formula is C25H37FN6O6. The summed E-state index contributed by atoms with van der Waals surface area (Å²) in [5, 5.41) is 5.68. The van der Waals surface area contributed by atoms with Crippen molar-refractivity contribution in [3.05, 3.63) is 6.33 Å². The predicted molar refractivity (Wildman–Crippen MR) is 137 cm³/mol. The van der Waals surface area contributed by atoms with Crippen LogP contribution in [-0.4, -0.2) is 69.9 Å². The second-order valence-electron chi connectivity index (χ2n) is 9.88. The van der Waals surface area contributed by atoms with Crippen molar-refractivity contribution in [3.63, 3.8) is 0 Å². The molecule has 13 heteroatoms. The smallest absolute Gasteiger partial charge is 0.313 e. The maximum Gasteiger partial charge on any atom is 0.313 e. The number of imidazole rings is 1. The summed E-state index contributed by atoms with van der Waals surface area (Å²) in [5.74, 6) is -2.22. The summed E-state index contributed by atoms with van der Waals surface area (Å²) in [6, 6.07) is 0. The van der Waals surface area contributed by atoms with Gasteiger partial charge in [-0.2, -0.15) is 9.97 Å². The molecule has 210 valence electrons. The van der Waals surface area contributed by atoms with Gasteiger partial charge < -0.3 is 19.5 Å². The molecule has 1 fully saturated rings. The van der Waals surface area contributed by atoms with E-state index in [1.165, 1.54) is 6.92 Å². The molecule has 3 rings (SSSR count). The molecule has 1 saturated heterocycles. The average Bonchev–Trinajstić information content (AvgIpc) is 3.49. The van der Waals surface area contributed by atoms with Crippen molar-refractivity contribution in [2.45, 2.75) is 72.4 Å². The van der Waals surface area contributed by atoms with Crippen LogP contribution in [0.1, 0.15) is 60.1 Å². The Hall–Kier alpha value is -3.35. The van der Waals surface area contributed by atoms with Crippen molar-refractivity contribution < 1.29 is 33.0 Å². The number of rotatable bonds is 12. The van der Waals surface area contributed by atoms with Gasteiger partial charge in [0.05, 0.1) is 18.9 Å². The topological polar surface area (TPSA) is 147 Å². The molecule has 0 bridgehead atoms. The van der Waals surface area contributed by atoms with Crippen LogP contribution >= 0.6 is 0 Å². The van der Waals surface area contributed by atoms with Crippen LogP contribution in [0.15, 0.2) is 6.33 Å². The number of nitrogens with one attached hydrogen (secondary N) is 2. The Balaban J connectivity index is 1.74. The zero-order valence-corrected chi connectivity index (χ0v) is 22.7. The maximum atomic E-state index is 14.0. The van der Waals surface area contributed by atoms with Crippen molar-refractivity contribution in [2.75, 3.05) is 30.9 Å². The highest BCUT2D eigenvalue weighted by atomic mass is 19.1. The van der Waals surface area contributed by atoms with Gasteiger partial charge in [0, 0.05) is 32.2 Å². The molecule has 0 aliphatic carbocycles. The highest BCUT2D eigenvalue weighted by molar-refractivity contribution is 5.91. The second kappa shape index (κ2) is 12.9. The molecule has 12 nitrogen and oxygen atoms in total. The van der Waals surface area contributed by atoms with E-state index < -0.39 is 42.3 Å². The Morgan fingerprint density at radius 3 is 2.61 bits per heavy atom. The van der Waals surface area contributed by atoms with Crippen molar-refractivity contribution in [1.29, 1.82) is 0 Å². The van der Waals surface area contributed by atoms with Gasteiger partial charge in [0.1, 0.15) is 25.1 Å². The summed E-state index contributed by atoms with van der Waals surface area (Å²) in [6.07, 6.45) is -0.125. The van der Waals surface area contributed by atoms with E-state index in [9.17, 15) is 18.8 Å². The Morgan fingerprint density at radius 1 is 1.24 bits per heavy atom. The van der Waals surface area contributed by atoms with Crippen molar-refractivity contribution in [3.8, 4) is 0 Å². The van der Waals surface area contributed by atoms with Crippen LogP contribution in [0.2, 0.25) is 0 Å². The number of hydrogen-bond donors (Lipinski definition) is 2. The summed E-state index contributed by atoms with van der Waals surface area (Å²) in [6.45, 7) is 8.32. The lowest BCUT2D eigenvalue weighted by Gasteiger charge is -2.24. The molecule has 1 amide bonds. The Bertz CT molecular complexity index is 1140. The molecule has 1 unspecified atom stereocenters. The van der Waals surface area contributed by atoms with Gasteiger partial charge in [-0.15, -0.1) is 0 Å². The molecule has 2 aromatic heterocycles. The van der Waals surface area contributed by atoms with Gasteiger partial charge in [-0.25, -0.2) is 9.37 Å². The highest BCUT2D eigenvalue weighted by Crippen LogP contribution is 2.31. The first kappa shape index (κ1) is 29.2. The Labute approximate surface area is 221 Å². The Morgan fingerprint density at radius 2 is 1.97 bits per heavy atom. The molecule has 2 aromatic rings. The number of ether oxygens (including phenoxy) is 3. The van der Waals surface area contributed by atoms with E-state index in [2.05, 4.69) is 25.6 Å². The van der Waals surface area contributed by atoms with Crippen molar-refractivity contribution >= 4 is 40.8 Å². The summed E-state index contributed by atoms with van der Waals surface area (Å²) in [5.41, 5.74) is 0.923. The summed E-state index contributed by atoms with van der Waals surface area (Å²) >= 11 is 0. The molecule has 0 spiro atoms. The van der Waals surface area contributed by atoms with Gasteiger partial charge in [-0.05, 0) is 12.8 Å². The fourth-order valence-electron chi connectivity index (χ4n) is 4.05. The monoisotopic (exact) mass is 536 g/mol. The lowest BCUT2D eigenvalue weighted by atomic mass is 9.91. The zero-order chi connectivity index (χ0) is 28.0. The molecular weight excluding hydrogens is 499 g/mol. The van der Waals surface area contributed by atoms with Crippen LogP contribution in [-0.2, 0) is 28.6 Å². The summed E-state index contributed by atoms with van der Waals surface area (Å²) in [7, 11) is 1.69. The normalized spacial score (nSPS) is 19.7. The average molecular weight is 537 g/mol. The minimum Gasteiger partial charge on any atom is -0.465 e. The first-order valence-corrected chi connectivity index (χ1v) is 12.9. The third-order valence-electron chi connectivity index (χ3n) is 6.41. The van der Waals surface area contributed by atoms with E-state index in [1.807, 2.05) is 13.8 Å². The van der Waals surface area contributed by atoms with E-state index in [0.717, 1.165) is 0 Å². The van der Waals surface area contributed by atoms with Gasteiger partial charge in [-0.3, -0.25) is 24.3 Å². The minimum absolute atomic E-state index is 0.110. The van der Waals surface area contributed by atoms with Crippen LogP contribution in [0.4, 0.5) is 16.2 Å². The quantitative estimate of drug-likeness (QED) is 0.388. The number of aromatic nitrogens is 4. The summed E-state index contributed by atoms with van der Waals surface area (Å²) < 4.78 is 32.4. The molecule has 38 heavy (non-hydrogen) atoms. The second-order valence-corrected chi connectivity index (χ2v) is 9.88. The van der Waals surface area contributed by atoms with Gasteiger partial charge >= 0.3 is 11.9 Å². The number of amides is 1. The lowest BCUT2D eigenvalue weighted by molar-refractivity contribution is -0.162. The largest absolute Gasteiger partial charge is 0.465 e. The Kier molecular flexibility index (Phi) is 9.95. The number of halogens is 1. The molecule has 5 atom stereocenters. The van der Waals surface area contributed by atoms with Crippen LogP contribution < -0.4 is 10.6 Å². The molecule has 2 N–H and O–H groups in total. The molecule has 0 radical (unpaired) electrons. The number of anilines is 2. The van der Waals surface area contributed by atoms with Crippen molar-refractivity contribution in [2.24, 2.45) is 17.8 Å². The van der Waals surface area contributed by atoms with E-state index in [-0.39, 0.29) is 37.4 Å². The van der Waals surface area contributed by atoms with E-state index >= 15 is 0 Å². The SMILES string of the molecule is CCC(=O)OC[C@H](C(=O)OC1CO[C@@H](n2cnc3c(NC)nc(NC(=O)CC(C)C)nc32)C1)[C@@H](C)[C@@H](C)F. The minimum atomic E-state index is -1.30. The van der Waals surface area contributed by atoms with Gasteiger partial charge in [0.2, 0.25) is 11.9 Å². The molecule has 1 aliphatic heterocycles. The number of alkyl halides is 1. The van der Waals surface area contributed by atoms with Gasteiger partial charge in [0.15, 0.2) is 17.0 Å². The van der Waals surface area contributed by atoms with Gasteiger partial charge in [0.25, 0.3) is 0 Å². The van der Waals surface area contributed by atoms with E-state index in [0.29, 0.717) is 29.8 Å². The predicted octanol–water partition coefficient (Wildman–Crippen LogP) is 3.25. The first-order valence-electron chi connectivity index (χ1n) is 12.9. The standard InChI is InChI=1S/C25H37FN6O6/c1-7-20(34)37-11-17(14(4)15(5)26)24(35)38-16-9-19(36-10-16)32-12-28-21-22(27-6)30-25(31-23(21)32)29-18(33)8-13(2)3/h12-17,19H,7-11H2,1-6H3,(H2,27,29,30,31,33)/t14-,15+,16?,17-,19+/m0/s1. The van der Waals surface area contributed by atoms with Crippen LogP contribution in [0.5, 0.6) is 0 Å². The lowest BCUT2D eigenvalue weighted by Crippen LogP contribution is -2.35. The van der Waals surface area contributed by atoms with Crippen LogP contribution in [0.3, 0.4) is 0 Å². The fraction of sp³-hybridized carbons (Fsp3) is 0.680. The molecule has 1 aliphatic rings. The highest BCUT2D eigenvalue weighted by Gasteiger charge is 2.36. The van der Waals surface area contributed by atoms with E-state index in [1.54, 1.807) is 31.8 Å². The van der Waals surface area contributed by atoms with E-state index in [4.69, 9.17) is 14.2 Å². The first-order chi connectivity index (χ1) is 18.0. The molecule has 0 aromatic carbocycles. The van der Waals surface area contributed by atoms with Crippen LogP contribution in [0, 0.1) is 17.8 Å². The molecule has 0 saturated carbocycles. The number of fused-ring (bicyclic) bond motifs is 1. The molecule has 3 heterocycles. The van der Waals surface area contributed by atoms with Crippen LogP contribution in [0.25, 0.3) is 11.2 Å². The summed E-state index contributed by atoms with van der Waals surface area (Å²) in [4.78, 5) is 50.0. The number of esters is 2. The number of carbonyl (C=O) groups is 3. The fourth-order valence-corrected chi connectivity index (χ4v) is 4.05. The van der Waals surface area contributed by atoms with Crippen molar-refractivity contribution in [1.82, 2.24) is 19.5 Å². The third kappa shape index (κ3) is 7.15. The number of carbonyl (C=O) groups excluding carboxylic acids is 3.